The van der Waals surface area contributed by atoms with E-state index in [4.69, 9.17) is 24.3 Å². The summed E-state index contributed by atoms with van der Waals surface area (Å²) in [6.45, 7) is 2.54. The van der Waals surface area contributed by atoms with Gasteiger partial charge in [-0.15, -0.1) is 0 Å². The van der Waals surface area contributed by atoms with Crippen molar-refractivity contribution in [1.29, 1.82) is 0 Å². The average Bonchev–Trinajstić information content (AvgIpc) is 3.37. The number of benzene rings is 2. The van der Waals surface area contributed by atoms with E-state index in [1.165, 1.54) is 0 Å². The van der Waals surface area contributed by atoms with E-state index in [9.17, 15) is 5.11 Å². The summed E-state index contributed by atoms with van der Waals surface area (Å²) < 4.78 is 17.9. The fraction of sp³-hybridized carbons (Fsp3) is 0.480. The second kappa shape index (κ2) is 9.59. The minimum absolute atomic E-state index is 0.119. The van der Waals surface area contributed by atoms with E-state index in [0.717, 1.165) is 53.5 Å². The molecule has 0 bridgehead atoms. The van der Waals surface area contributed by atoms with Crippen molar-refractivity contribution in [1.82, 2.24) is 5.32 Å². The van der Waals surface area contributed by atoms with Crippen molar-refractivity contribution in [3.8, 4) is 17.2 Å². The first-order chi connectivity index (χ1) is 16.3. The van der Waals surface area contributed by atoms with Crippen LogP contribution in [0.5, 0.6) is 17.2 Å². The fourth-order valence-corrected chi connectivity index (χ4v) is 4.83. The Morgan fingerprint density at radius 2 is 1.73 bits per heavy atom. The molecule has 3 aliphatic rings. The number of rotatable bonds is 9. The topological polar surface area (TPSA) is 105 Å². The van der Waals surface area contributed by atoms with Crippen molar-refractivity contribution < 1.29 is 24.4 Å². The van der Waals surface area contributed by atoms with Gasteiger partial charge >= 0.3 is 0 Å². The highest BCUT2D eigenvalue weighted by Gasteiger charge is 2.52. The van der Waals surface area contributed by atoms with Gasteiger partial charge in [0, 0.05) is 30.5 Å². The summed E-state index contributed by atoms with van der Waals surface area (Å²) in [7, 11) is 0. The highest BCUT2D eigenvalue weighted by atomic mass is 16.6. The van der Waals surface area contributed by atoms with Gasteiger partial charge in [0.25, 0.3) is 0 Å². The lowest BCUT2D eigenvalue weighted by Crippen LogP contribution is -2.40. The second-order valence-electron chi connectivity index (χ2n) is 8.60. The molecule has 2 atom stereocenters. The van der Waals surface area contributed by atoms with Crippen LogP contribution in [0.25, 0.3) is 0 Å². The molecule has 3 heterocycles. The second-order valence-corrected chi connectivity index (χ2v) is 8.60. The van der Waals surface area contributed by atoms with Crippen molar-refractivity contribution in [2.45, 2.75) is 37.3 Å². The highest BCUT2D eigenvalue weighted by Crippen LogP contribution is 2.53. The van der Waals surface area contributed by atoms with Crippen LogP contribution in [-0.2, 0) is 5.41 Å². The first kappa shape index (κ1) is 22.0. The molecule has 0 radical (unpaired) electrons. The number of para-hydroxylation sites is 1. The number of aliphatic hydroxyl groups excluding tert-OH is 2. The Labute approximate surface area is 193 Å². The average molecular weight is 454 g/mol. The third kappa shape index (κ3) is 4.03. The van der Waals surface area contributed by atoms with Gasteiger partial charge < -0.3 is 29.7 Å². The summed E-state index contributed by atoms with van der Waals surface area (Å²) in [5.41, 5.74) is 2.60. The number of hydrogen-bond acceptors (Lipinski definition) is 7. The molecule has 2 aromatic carbocycles. The number of unbranched alkanes of at least 4 members (excludes halogenated alkanes) is 1. The molecule has 8 heteroatoms. The number of hydrogen-bond donors (Lipinski definition) is 4. The molecule has 0 saturated carbocycles. The lowest BCUT2D eigenvalue weighted by molar-refractivity contribution is 0.171. The zero-order chi connectivity index (χ0) is 22.7. The van der Waals surface area contributed by atoms with Crippen LogP contribution in [0.3, 0.4) is 0 Å². The zero-order valence-electron chi connectivity index (χ0n) is 18.7. The van der Waals surface area contributed by atoms with Gasteiger partial charge in [-0.25, -0.2) is 0 Å². The summed E-state index contributed by atoms with van der Waals surface area (Å²) in [5, 5.41) is 25.5. The Morgan fingerprint density at radius 3 is 2.55 bits per heavy atom. The molecule has 0 saturated heterocycles. The number of aliphatic hydroxyl groups is 2. The van der Waals surface area contributed by atoms with Crippen LogP contribution in [0.4, 0.5) is 5.69 Å². The van der Waals surface area contributed by atoms with E-state index >= 15 is 0 Å². The molecule has 2 unspecified atom stereocenters. The molecule has 5 rings (SSSR count). The molecule has 1 spiro atoms. The number of anilines is 1. The Balaban J connectivity index is 1.54. The predicted molar refractivity (Wildman–Crippen MR) is 126 cm³/mol. The maximum atomic E-state index is 9.40. The molecule has 176 valence electrons. The number of ether oxygens (including phenoxy) is 3. The predicted octanol–water partition coefficient (Wildman–Crippen LogP) is 2.42. The van der Waals surface area contributed by atoms with Crippen LogP contribution in [0, 0.1) is 0 Å². The first-order valence-electron chi connectivity index (χ1n) is 11.7. The zero-order valence-corrected chi connectivity index (χ0v) is 18.7. The third-order valence-corrected chi connectivity index (χ3v) is 6.48. The van der Waals surface area contributed by atoms with Crippen molar-refractivity contribution in [3.05, 3.63) is 47.5 Å². The monoisotopic (exact) mass is 453 g/mol. The van der Waals surface area contributed by atoms with Crippen molar-refractivity contribution in [3.63, 3.8) is 0 Å². The molecule has 0 aromatic heterocycles. The lowest BCUT2D eigenvalue weighted by Gasteiger charge is -2.26. The molecule has 2 aromatic rings. The van der Waals surface area contributed by atoms with Gasteiger partial charge in [-0.2, -0.15) is 0 Å². The normalized spacial score (nSPS) is 22.1. The smallest absolute Gasteiger partial charge is 0.165 e. The fourth-order valence-electron chi connectivity index (χ4n) is 4.83. The van der Waals surface area contributed by atoms with Gasteiger partial charge in [-0.05, 0) is 49.9 Å². The van der Waals surface area contributed by atoms with Gasteiger partial charge in [0.05, 0.1) is 0 Å². The van der Waals surface area contributed by atoms with Gasteiger partial charge in [0.15, 0.2) is 11.5 Å². The largest absolute Gasteiger partial charge is 0.491 e. The van der Waals surface area contributed by atoms with E-state index in [1.807, 2.05) is 24.3 Å². The van der Waals surface area contributed by atoms with E-state index < -0.39 is 5.41 Å². The molecule has 0 amide bonds. The van der Waals surface area contributed by atoms with Crippen LogP contribution >= 0.6 is 0 Å². The van der Waals surface area contributed by atoms with Gasteiger partial charge in [0.2, 0.25) is 0 Å². The maximum absolute atomic E-state index is 9.40. The van der Waals surface area contributed by atoms with Crippen LogP contribution < -0.4 is 24.8 Å². The first-order valence-corrected chi connectivity index (χ1v) is 11.7. The molecular weight excluding hydrogens is 422 g/mol. The number of nitrogens with one attached hydrogen (secondary N) is 2. The van der Waals surface area contributed by atoms with Crippen molar-refractivity contribution in [2.75, 3.05) is 44.9 Å². The van der Waals surface area contributed by atoms with E-state index in [0.29, 0.717) is 38.4 Å². The SMILES string of the molecule is OCCCCNC(CCCO)N=C1Nc2ccccc2C12COc1cc3c(cc12)OCCO3. The minimum Gasteiger partial charge on any atom is -0.491 e. The Kier molecular flexibility index (Phi) is 6.39. The minimum atomic E-state index is -0.563. The summed E-state index contributed by atoms with van der Waals surface area (Å²) >= 11 is 0. The molecule has 3 aliphatic heterocycles. The quantitative estimate of drug-likeness (QED) is 0.432. The Hall–Kier alpha value is -2.81. The van der Waals surface area contributed by atoms with Crippen LogP contribution in [0.15, 0.2) is 41.4 Å². The number of aliphatic imine (C=N–C) groups is 1. The van der Waals surface area contributed by atoms with Crippen molar-refractivity contribution >= 4 is 11.5 Å². The standard InChI is InChI=1S/C25H31N3O5/c29-10-4-3-9-26-23(8-5-11-30)28-24-25(17-6-1-2-7-19(17)27-24)16-33-20-15-22-21(14-18(20)25)31-12-13-32-22/h1-2,6-7,14-15,23,26,29-30H,3-5,8-13,16H2,(H,27,28). The summed E-state index contributed by atoms with van der Waals surface area (Å²) in [5.74, 6) is 3.05. The van der Waals surface area contributed by atoms with Crippen molar-refractivity contribution in [2.24, 2.45) is 4.99 Å². The number of nitrogens with zero attached hydrogens (tertiary/aromatic N) is 1. The number of fused-ring (bicyclic) bond motifs is 5. The van der Waals surface area contributed by atoms with Gasteiger partial charge in [-0.3, -0.25) is 10.3 Å². The molecule has 4 N–H and O–H groups in total. The summed E-state index contributed by atoms with van der Waals surface area (Å²) in [6.07, 6.45) is 2.82. The molecule has 33 heavy (non-hydrogen) atoms. The number of amidine groups is 1. The molecular formula is C25H31N3O5. The third-order valence-electron chi connectivity index (χ3n) is 6.48. The Morgan fingerprint density at radius 1 is 0.939 bits per heavy atom. The Bertz CT molecular complexity index is 1030. The van der Waals surface area contributed by atoms with E-state index in [1.54, 1.807) is 0 Å². The highest BCUT2D eigenvalue weighted by molar-refractivity contribution is 6.13. The van der Waals surface area contributed by atoms with Gasteiger partial charge in [0.1, 0.15) is 43.0 Å². The molecule has 8 nitrogen and oxygen atoms in total. The maximum Gasteiger partial charge on any atom is 0.165 e. The van der Waals surface area contributed by atoms with Crippen LogP contribution in [0.1, 0.15) is 36.8 Å². The lowest BCUT2D eigenvalue weighted by atomic mass is 9.76. The molecule has 0 fully saturated rings. The van der Waals surface area contributed by atoms with E-state index in [-0.39, 0.29) is 19.4 Å². The summed E-state index contributed by atoms with van der Waals surface area (Å²) in [6, 6.07) is 12.2. The van der Waals surface area contributed by atoms with E-state index in [2.05, 4.69) is 22.8 Å². The van der Waals surface area contributed by atoms with Crippen LogP contribution in [0.2, 0.25) is 0 Å². The van der Waals surface area contributed by atoms with Crippen LogP contribution in [-0.4, -0.2) is 61.8 Å². The molecule has 0 aliphatic carbocycles. The summed E-state index contributed by atoms with van der Waals surface area (Å²) in [4.78, 5) is 5.14. The van der Waals surface area contributed by atoms with Gasteiger partial charge in [-0.1, -0.05) is 18.2 Å².